The summed E-state index contributed by atoms with van der Waals surface area (Å²) in [6, 6.07) is 0. The summed E-state index contributed by atoms with van der Waals surface area (Å²) in [5.41, 5.74) is 0. The molecule has 0 saturated carbocycles. The normalized spacial score (nSPS) is 18.0. The molecule has 4 nitrogen and oxygen atoms in total. The molecule has 0 spiro atoms. The second-order valence-corrected chi connectivity index (χ2v) is 6.57. The van der Waals surface area contributed by atoms with Crippen LogP contribution in [0.4, 0.5) is 0 Å². The molecule has 1 aliphatic rings. The Morgan fingerprint density at radius 3 is 2.00 bits per heavy atom. The van der Waals surface area contributed by atoms with Gasteiger partial charge in [-0.25, -0.2) is 0 Å². The van der Waals surface area contributed by atoms with Crippen LogP contribution in [-0.4, -0.2) is 63.7 Å². The average Bonchev–Trinajstić information content (AvgIpc) is 2.45. The van der Waals surface area contributed by atoms with E-state index in [0.29, 0.717) is 26.4 Å². The second-order valence-electron chi connectivity index (χ2n) is 6.57. The Kier molecular flexibility index (Phi) is 10.3. The smallest absolute Gasteiger partial charge is 0.0703 e. The Morgan fingerprint density at radius 1 is 0.857 bits per heavy atom. The van der Waals surface area contributed by atoms with Crippen molar-refractivity contribution >= 4 is 0 Å². The van der Waals surface area contributed by atoms with Crippen LogP contribution in [0.15, 0.2) is 0 Å². The highest BCUT2D eigenvalue weighted by molar-refractivity contribution is 4.73. The molecular weight excluding hydrogens is 266 g/mol. The predicted octanol–water partition coefficient (Wildman–Crippen LogP) is 2.81. The second kappa shape index (κ2) is 11.4. The number of rotatable bonds is 11. The van der Waals surface area contributed by atoms with Crippen molar-refractivity contribution in [2.45, 2.75) is 46.6 Å². The van der Waals surface area contributed by atoms with Gasteiger partial charge in [-0.05, 0) is 51.6 Å². The quantitative estimate of drug-likeness (QED) is 0.549. The molecule has 21 heavy (non-hydrogen) atoms. The van der Waals surface area contributed by atoms with Gasteiger partial charge in [0.05, 0.1) is 39.1 Å². The average molecular weight is 301 g/mol. The summed E-state index contributed by atoms with van der Waals surface area (Å²) in [5.74, 6) is 1.75. The molecule has 0 aromatic rings. The first-order valence-corrected chi connectivity index (χ1v) is 8.59. The van der Waals surface area contributed by atoms with Crippen LogP contribution >= 0.6 is 0 Å². The zero-order valence-corrected chi connectivity index (χ0v) is 14.5. The Morgan fingerprint density at radius 2 is 1.43 bits per heavy atom. The SMILES string of the molecule is CC(C)OCCOCCOCCN1CCC(C(C)C)CC1. The van der Waals surface area contributed by atoms with Crippen molar-refractivity contribution in [2.24, 2.45) is 11.8 Å². The molecule has 0 N–H and O–H groups in total. The first kappa shape index (κ1) is 18.9. The molecule has 1 saturated heterocycles. The molecule has 0 aromatic heterocycles. The fraction of sp³-hybridized carbons (Fsp3) is 1.00. The van der Waals surface area contributed by atoms with E-state index in [9.17, 15) is 0 Å². The van der Waals surface area contributed by atoms with E-state index in [-0.39, 0.29) is 6.10 Å². The van der Waals surface area contributed by atoms with Gasteiger partial charge in [-0.3, -0.25) is 0 Å². The minimum Gasteiger partial charge on any atom is -0.378 e. The minimum absolute atomic E-state index is 0.282. The van der Waals surface area contributed by atoms with Gasteiger partial charge in [-0.15, -0.1) is 0 Å². The number of hydrogen-bond donors (Lipinski definition) is 0. The fourth-order valence-electron chi connectivity index (χ4n) is 2.70. The van der Waals surface area contributed by atoms with Gasteiger partial charge in [-0.1, -0.05) is 13.8 Å². The summed E-state index contributed by atoms with van der Waals surface area (Å²) in [6.07, 6.45) is 2.97. The third kappa shape index (κ3) is 9.46. The Labute approximate surface area is 131 Å². The number of hydrogen-bond acceptors (Lipinski definition) is 4. The lowest BCUT2D eigenvalue weighted by atomic mass is 9.87. The lowest BCUT2D eigenvalue weighted by Crippen LogP contribution is -2.37. The first-order chi connectivity index (χ1) is 10.1. The van der Waals surface area contributed by atoms with Crippen LogP contribution in [0, 0.1) is 11.8 Å². The number of nitrogens with zero attached hydrogens (tertiary/aromatic N) is 1. The van der Waals surface area contributed by atoms with Crippen molar-refractivity contribution in [3.63, 3.8) is 0 Å². The van der Waals surface area contributed by atoms with Gasteiger partial charge < -0.3 is 19.1 Å². The van der Waals surface area contributed by atoms with E-state index in [0.717, 1.165) is 25.0 Å². The highest BCUT2D eigenvalue weighted by atomic mass is 16.5. The molecule has 1 heterocycles. The maximum absolute atomic E-state index is 5.63. The van der Waals surface area contributed by atoms with Crippen LogP contribution in [-0.2, 0) is 14.2 Å². The van der Waals surface area contributed by atoms with E-state index in [1.54, 1.807) is 0 Å². The van der Waals surface area contributed by atoms with Crippen molar-refractivity contribution < 1.29 is 14.2 Å². The molecule has 0 amide bonds. The van der Waals surface area contributed by atoms with E-state index >= 15 is 0 Å². The van der Waals surface area contributed by atoms with E-state index in [2.05, 4.69) is 18.7 Å². The molecule has 4 heteroatoms. The molecule has 0 atom stereocenters. The molecule has 1 aliphatic heterocycles. The summed E-state index contributed by atoms with van der Waals surface area (Å²) >= 11 is 0. The molecule has 0 bridgehead atoms. The van der Waals surface area contributed by atoms with Crippen LogP contribution in [0.5, 0.6) is 0 Å². The number of ether oxygens (including phenoxy) is 3. The van der Waals surface area contributed by atoms with Gasteiger partial charge in [0.15, 0.2) is 0 Å². The van der Waals surface area contributed by atoms with Crippen molar-refractivity contribution in [1.82, 2.24) is 4.90 Å². The lowest BCUT2D eigenvalue weighted by Gasteiger charge is -2.33. The van der Waals surface area contributed by atoms with Gasteiger partial charge in [0, 0.05) is 6.54 Å². The van der Waals surface area contributed by atoms with Crippen LogP contribution < -0.4 is 0 Å². The largest absolute Gasteiger partial charge is 0.378 e. The molecule has 1 fully saturated rings. The van der Waals surface area contributed by atoms with Gasteiger partial charge >= 0.3 is 0 Å². The molecule has 0 aliphatic carbocycles. The summed E-state index contributed by atoms with van der Waals surface area (Å²) < 4.78 is 16.5. The summed E-state index contributed by atoms with van der Waals surface area (Å²) in [6.45, 7) is 15.8. The van der Waals surface area contributed by atoms with Crippen molar-refractivity contribution in [3.05, 3.63) is 0 Å². The number of piperidine rings is 1. The third-order valence-corrected chi connectivity index (χ3v) is 4.18. The lowest BCUT2D eigenvalue weighted by molar-refractivity contribution is -0.00498. The summed E-state index contributed by atoms with van der Waals surface area (Å²) in [7, 11) is 0. The molecular formula is C17H35NO3. The molecule has 0 radical (unpaired) electrons. The van der Waals surface area contributed by atoms with Gasteiger partial charge in [0.2, 0.25) is 0 Å². The monoisotopic (exact) mass is 301 g/mol. The Hall–Kier alpha value is -0.160. The molecule has 126 valence electrons. The van der Waals surface area contributed by atoms with E-state index in [1.165, 1.54) is 25.9 Å². The molecule has 1 rings (SSSR count). The maximum Gasteiger partial charge on any atom is 0.0703 e. The predicted molar refractivity (Wildman–Crippen MR) is 86.7 cm³/mol. The molecule has 0 aromatic carbocycles. The van der Waals surface area contributed by atoms with Crippen molar-refractivity contribution in [2.75, 3.05) is 52.7 Å². The van der Waals surface area contributed by atoms with Crippen molar-refractivity contribution in [3.8, 4) is 0 Å². The van der Waals surface area contributed by atoms with E-state index < -0.39 is 0 Å². The van der Waals surface area contributed by atoms with Gasteiger partial charge in [-0.2, -0.15) is 0 Å². The summed E-state index contributed by atoms with van der Waals surface area (Å²) in [4.78, 5) is 2.52. The minimum atomic E-state index is 0.282. The highest BCUT2D eigenvalue weighted by Crippen LogP contribution is 2.23. The van der Waals surface area contributed by atoms with Gasteiger partial charge in [0.25, 0.3) is 0 Å². The topological polar surface area (TPSA) is 30.9 Å². The Bertz CT molecular complexity index is 238. The fourth-order valence-corrected chi connectivity index (χ4v) is 2.70. The van der Waals surface area contributed by atoms with E-state index in [4.69, 9.17) is 14.2 Å². The van der Waals surface area contributed by atoms with Crippen molar-refractivity contribution in [1.29, 1.82) is 0 Å². The number of likely N-dealkylation sites (tertiary alicyclic amines) is 1. The van der Waals surface area contributed by atoms with Crippen LogP contribution in [0.25, 0.3) is 0 Å². The van der Waals surface area contributed by atoms with E-state index in [1.807, 2.05) is 13.8 Å². The Balaban J connectivity index is 1.85. The first-order valence-electron chi connectivity index (χ1n) is 8.59. The van der Waals surface area contributed by atoms with Crippen LogP contribution in [0.1, 0.15) is 40.5 Å². The highest BCUT2D eigenvalue weighted by Gasteiger charge is 2.20. The van der Waals surface area contributed by atoms with Crippen LogP contribution in [0.3, 0.4) is 0 Å². The standard InChI is InChI=1S/C17H35NO3/c1-15(2)17-5-7-18(8-6-17)9-10-19-11-12-20-13-14-21-16(3)4/h15-17H,5-14H2,1-4H3. The van der Waals surface area contributed by atoms with Crippen LogP contribution in [0.2, 0.25) is 0 Å². The zero-order valence-electron chi connectivity index (χ0n) is 14.5. The third-order valence-electron chi connectivity index (χ3n) is 4.18. The zero-order chi connectivity index (χ0) is 15.5. The maximum atomic E-state index is 5.63. The summed E-state index contributed by atoms with van der Waals surface area (Å²) in [5, 5.41) is 0. The molecule has 0 unspecified atom stereocenters. The van der Waals surface area contributed by atoms with Gasteiger partial charge in [0.1, 0.15) is 0 Å².